The highest BCUT2D eigenvalue weighted by molar-refractivity contribution is 6.10. The summed E-state index contributed by atoms with van der Waals surface area (Å²) in [6, 6.07) is 14.3. The second-order valence-electron chi connectivity index (χ2n) is 8.01. The van der Waals surface area contributed by atoms with Crippen LogP contribution >= 0.6 is 0 Å². The summed E-state index contributed by atoms with van der Waals surface area (Å²) >= 11 is 0. The minimum absolute atomic E-state index is 0.212. The summed E-state index contributed by atoms with van der Waals surface area (Å²) in [7, 11) is 0. The molecule has 1 heterocycles. The molecule has 1 aliphatic carbocycles. The molecule has 2 fully saturated rings. The standard InChI is InChI=1S/C23H21N5O4/c1-23(16-7-5-14(12-24)6-8-16)21(31)28(22(32)27-23)13-19(29)25-18-4-2-3-15(11-18)20(30)26-17-9-10-17/h2-8,11,17H,9-10,13H2,1H3,(H,25,29)(H,26,30)(H,27,32). The van der Waals surface area contributed by atoms with Crippen LogP contribution in [0.3, 0.4) is 0 Å². The highest BCUT2D eigenvalue weighted by Crippen LogP contribution is 2.29. The third-order valence-corrected chi connectivity index (χ3v) is 5.49. The Labute approximate surface area is 184 Å². The normalized spacial score (nSPS) is 19.8. The summed E-state index contributed by atoms with van der Waals surface area (Å²) in [5, 5.41) is 17.1. The number of carbonyl (C=O) groups excluding carboxylic acids is 4. The Hall–Kier alpha value is -4.19. The molecule has 4 rings (SSSR count). The zero-order valence-corrected chi connectivity index (χ0v) is 17.3. The zero-order chi connectivity index (χ0) is 22.9. The predicted molar refractivity (Wildman–Crippen MR) is 114 cm³/mol. The quantitative estimate of drug-likeness (QED) is 0.601. The Kier molecular flexibility index (Phi) is 5.36. The smallest absolute Gasteiger partial charge is 0.325 e. The van der Waals surface area contributed by atoms with Gasteiger partial charge >= 0.3 is 6.03 Å². The average Bonchev–Trinajstić information content (AvgIpc) is 3.57. The van der Waals surface area contributed by atoms with E-state index >= 15 is 0 Å². The van der Waals surface area contributed by atoms with E-state index in [1.165, 1.54) is 0 Å². The zero-order valence-electron chi connectivity index (χ0n) is 17.3. The number of amides is 5. The van der Waals surface area contributed by atoms with Gasteiger partial charge in [0, 0.05) is 17.3 Å². The van der Waals surface area contributed by atoms with Gasteiger partial charge in [0.2, 0.25) is 5.91 Å². The van der Waals surface area contributed by atoms with Crippen LogP contribution in [0.4, 0.5) is 10.5 Å². The Morgan fingerprint density at radius 2 is 1.91 bits per heavy atom. The number of benzene rings is 2. The number of nitrogens with one attached hydrogen (secondary N) is 3. The van der Waals surface area contributed by atoms with Crippen LogP contribution in [0.25, 0.3) is 0 Å². The first kappa shape index (κ1) is 21.1. The van der Waals surface area contributed by atoms with Crippen LogP contribution in [0.15, 0.2) is 48.5 Å². The molecule has 1 saturated heterocycles. The van der Waals surface area contributed by atoms with Gasteiger partial charge in [0.25, 0.3) is 11.8 Å². The number of carbonyl (C=O) groups is 4. The summed E-state index contributed by atoms with van der Waals surface area (Å²) in [6.07, 6.45) is 1.94. The molecular weight excluding hydrogens is 410 g/mol. The van der Waals surface area contributed by atoms with Crippen molar-refractivity contribution in [2.45, 2.75) is 31.3 Å². The van der Waals surface area contributed by atoms with E-state index in [0.29, 0.717) is 22.4 Å². The molecule has 162 valence electrons. The van der Waals surface area contributed by atoms with Crippen molar-refractivity contribution in [3.8, 4) is 6.07 Å². The molecule has 9 nitrogen and oxygen atoms in total. The summed E-state index contributed by atoms with van der Waals surface area (Å²) in [6.45, 7) is 1.07. The fraction of sp³-hybridized carbons (Fsp3) is 0.261. The molecule has 1 atom stereocenters. The number of nitriles is 1. The molecule has 1 saturated carbocycles. The van der Waals surface area contributed by atoms with Crippen molar-refractivity contribution in [1.82, 2.24) is 15.5 Å². The first-order chi connectivity index (χ1) is 15.3. The van der Waals surface area contributed by atoms with E-state index in [2.05, 4.69) is 16.0 Å². The minimum atomic E-state index is -1.34. The molecule has 0 aromatic heterocycles. The van der Waals surface area contributed by atoms with Crippen molar-refractivity contribution in [3.05, 3.63) is 65.2 Å². The summed E-state index contributed by atoms with van der Waals surface area (Å²) < 4.78 is 0. The van der Waals surface area contributed by atoms with Crippen molar-refractivity contribution in [2.75, 3.05) is 11.9 Å². The van der Waals surface area contributed by atoms with Gasteiger partial charge in [0.15, 0.2) is 0 Å². The molecule has 0 spiro atoms. The second kappa shape index (κ2) is 8.15. The highest BCUT2D eigenvalue weighted by atomic mass is 16.2. The van der Waals surface area contributed by atoms with Crippen LogP contribution in [0.5, 0.6) is 0 Å². The van der Waals surface area contributed by atoms with Crippen molar-refractivity contribution >= 4 is 29.4 Å². The van der Waals surface area contributed by atoms with Crippen molar-refractivity contribution < 1.29 is 19.2 Å². The van der Waals surface area contributed by atoms with E-state index < -0.39 is 29.9 Å². The van der Waals surface area contributed by atoms with Crippen LogP contribution in [-0.4, -0.2) is 41.2 Å². The average molecular weight is 431 g/mol. The molecule has 2 aliphatic rings. The molecule has 32 heavy (non-hydrogen) atoms. The minimum Gasteiger partial charge on any atom is -0.349 e. The third-order valence-electron chi connectivity index (χ3n) is 5.49. The van der Waals surface area contributed by atoms with Gasteiger partial charge in [-0.15, -0.1) is 0 Å². The van der Waals surface area contributed by atoms with Crippen LogP contribution in [0, 0.1) is 11.3 Å². The van der Waals surface area contributed by atoms with E-state index in [-0.39, 0.29) is 11.9 Å². The van der Waals surface area contributed by atoms with Gasteiger partial charge in [0.05, 0.1) is 11.6 Å². The van der Waals surface area contributed by atoms with Gasteiger partial charge in [-0.1, -0.05) is 18.2 Å². The van der Waals surface area contributed by atoms with E-state index in [4.69, 9.17) is 5.26 Å². The monoisotopic (exact) mass is 431 g/mol. The SMILES string of the molecule is CC1(c2ccc(C#N)cc2)NC(=O)N(CC(=O)Nc2cccc(C(=O)NC3CC3)c2)C1=O. The molecule has 2 aromatic rings. The van der Waals surface area contributed by atoms with E-state index in [9.17, 15) is 19.2 Å². The van der Waals surface area contributed by atoms with Gasteiger partial charge in [0.1, 0.15) is 12.1 Å². The maximum absolute atomic E-state index is 13.0. The second-order valence-corrected chi connectivity index (χ2v) is 8.01. The highest BCUT2D eigenvalue weighted by Gasteiger charge is 2.49. The summed E-state index contributed by atoms with van der Waals surface area (Å²) in [5.74, 6) is -1.35. The lowest BCUT2D eigenvalue weighted by molar-refractivity contribution is -0.133. The molecule has 9 heteroatoms. The molecule has 5 amide bonds. The molecule has 0 bridgehead atoms. The number of rotatable bonds is 6. The molecule has 1 unspecified atom stereocenters. The van der Waals surface area contributed by atoms with Gasteiger partial charge in [-0.25, -0.2) is 4.79 Å². The number of hydrogen-bond acceptors (Lipinski definition) is 5. The van der Waals surface area contributed by atoms with Crippen molar-refractivity contribution in [1.29, 1.82) is 5.26 Å². The number of anilines is 1. The largest absolute Gasteiger partial charge is 0.349 e. The predicted octanol–water partition coefficient (Wildman–Crippen LogP) is 1.86. The fourth-order valence-electron chi connectivity index (χ4n) is 3.49. The van der Waals surface area contributed by atoms with Gasteiger partial charge in [-0.05, 0) is 55.7 Å². The summed E-state index contributed by atoms with van der Waals surface area (Å²) in [5.41, 5.74) is 0.399. The Bertz CT molecular complexity index is 1150. The molecule has 3 N–H and O–H groups in total. The van der Waals surface area contributed by atoms with Gasteiger partial charge < -0.3 is 16.0 Å². The molecule has 1 aliphatic heterocycles. The van der Waals surface area contributed by atoms with Crippen LogP contribution in [0.2, 0.25) is 0 Å². The maximum Gasteiger partial charge on any atom is 0.325 e. The van der Waals surface area contributed by atoms with E-state index in [1.54, 1.807) is 55.5 Å². The number of imide groups is 1. The first-order valence-corrected chi connectivity index (χ1v) is 10.2. The van der Waals surface area contributed by atoms with Crippen molar-refractivity contribution in [2.24, 2.45) is 0 Å². The Morgan fingerprint density at radius 1 is 1.19 bits per heavy atom. The topological polar surface area (TPSA) is 131 Å². The van der Waals surface area contributed by atoms with Gasteiger partial charge in [-0.2, -0.15) is 5.26 Å². The lowest BCUT2D eigenvalue weighted by atomic mass is 9.91. The number of urea groups is 1. The summed E-state index contributed by atoms with van der Waals surface area (Å²) in [4.78, 5) is 51.0. The number of hydrogen-bond donors (Lipinski definition) is 3. The lowest BCUT2D eigenvalue weighted by Crippen LogP contribution is -2.42. The van der Waals surface area contributed by atoms with E-state index in [1.807, 2.05) is 6.07 Å². The van der Waals surface area contributed by atoms with Crippen LogP contribution in [0.1, 0.15) is 41.3 Å². The van der Waals surface area contributed by atoms with Crippen LogP contribution in [-0.2, 0) is 15.1 Å². The molecule has 0 radical (unpaired) electrons. The van der Waals surface area contributed by atoms with E-state index in [0.717, 1.165) is 17.7 Å². The number of nitrogens with zero attached hydrogens (tertiary/aromatic N) is 2. The molecule has 2 aromatic carbocycles. The lowest BCUT2D eigenvalue weighted by Gasteiger charge is -2.22. The Balaban J connectivity index is 1.43. The Morgan fingerprint density at radius 3 is 2.56 bits per heavy atom. The molecular formula is C23H21N5O4. The van der Waals surface area contributed by atoms with Crippen LogP contribution < -0.4 is 16.0 Å². The third kappa shape index (κ3) is 4.16. The van der Waals surface area contributed by atoms with Gasteiger partial charge in [-0.3, -0.25) is 19.3 Å². The maximum atomic E-state index is 13.0. The fourth-order valence-corrected chi connectivity index (χ4v) is 3.49. The first-order valence-electron chi connectivity index (χ1n) is 10.2. The van der Waals surface area contributed by atoms with Crippen molar-refractivity contribution in [3.63, 3.8) is 0 Å².